The average molecular weight is 397 g/mol. The normalized spacial score (nSPS) is 15.7. The Hall–Kier alpha value is -1.77. The molecule has 3 rings (SSSR count). The fraction of sp³-hybridized carbons (Fsp3) is 0.389. The minimum Gasteiger partial charge on any atom is -0.351 e. The Labute approximate surface area is 156 Å². The predicted molar refractivity (Wildman–Crippen MR) is 99.4 cm³/mol. The summed E-state index contributed by atoms with van der Waals surface area (Å²) >= 11 is 1.12. The van der Waals surface area contributed by atoms with E-state index in [1.807, 2.05) is 0 Å². The number of hydrogen-bond donors (Lipinski definition) is 1. The van der Waals surface area contributed by atoms with Crippen LogP contribution in [0.3, 0.4) is 0 Å². The summed E-state index contributed by atoms with van der Waals surface area (Å²) in [4.78, 5) is 12.7. The topological polar surface area (TPSA) is 66.5 Å². The first-order valence-electron chi connectivity index (χ1n) is 8.59. The van der Waals surface area contributed by atoms with Crippen LogP contribution in [0, 0.1) is 5.82 Å². The molecule has 1 aromatic carbocycles. The number of nitrogens with one attached hydrogen (secondary N) is 1. The van der Waals surface area contributed by atoms with Crippen molar-refractivity contribution in [3.8, 4) is 0 Å². The monoisotopic (exact) mass is 396 g/mol. The zero-order valence-corrected chi connectivity index (χ0v) is 15.9. The zero-order valence-electron chi connectivity index (χ0n) is 14.3. The van der Waals surface area contributed by atoms with Crippen molar-refractivity contribution >= 4 is 27.3 Å². The molecule has 1 amide bonds. The first-order valence-corrected chi connectivity index (χ1v) is 10.9. The van der Waals surface area contributed by atoms with Crippen molar-refractivity contribution in [3.05, 3.63) is 52.0 Å². The Morgan fingerprint density at radius 1 is 1.19 bits per heavy atom. The molecular weight excluding hydrogens is 375 g/mol. The van der Waals surface area contributed by atoms with Gasteiger partial charge < -0.3 is 5.32 Å². The number of piperidine rings is 1. The van der Waals surface area contributed by atoms with E-state index in [-0.39, 0.29) is 15.6 Å². The Kier molecular flexibility index (Phi) is 6.05. The molecular formula is C18H21FN2O3S2. The minimum atomic E-state index is -3.64. The van der Waals surface area contributed by atoms with Gasteiger partial charge in [0.25, 0.3) is 5.91 Å². The molecule has 5 nitrogen and oxygen atoms in total. The van der Waals surface area contributed by atoms with E-state index in [4.69, 9.17) is 0 Å². The third-order valence-corrected chi connectivity index (χ3v) is 7.34. The lowest BCUT2D eigenvalue weighted by Crippen LogP contribution is -2.36. The molecule has 8 heteroatoms. The Balaban J connectivity index is 1.66. The lowest BCUT2D eigenvalue weighted by Gasteiger charge is -2.25. The van der Waals surface area contributed by atoms with Gasteiger partial charge in [-0.3, -0.25) is 4.79 Å². The van der Waals surface area contributed by atoms with Crippen molar-refractivity contribution < 1.29 is 17.6 Å². The van der Waals surface area contributed by atoms with E-state index in [2.05, 4.69) is 5.32 Å². The van der Waals surface area contributed by atoms with Crippen LogP contribution in [0.1, 0.15) is 34.5 Å². The molecule has 0 atom stereocenters. The number of benzene rings is 1. The van der Waals surface area contributed by atoms with Crippen molar-refractivity contribution in [2.45, 2.75) is 30.6 Å². The van der Waals surface area contributed by atoms with Crippen molar-refractivity contribution in [1.82, 2.24) is 9.62 Å². The van der Waals surface area contributed by atoms with E-state index in [1.165, 1.54) is 22.5 Å². The van der Waals surface area contributed by atoms with Crippen LogP contribution < -0.4 is 5.32 Å². The highest BCUT2D eigenvalue weighted by Gasteiger charge is 2.30. The van der Waals surface area contributed by atoms with Crippen molar-refractivity contribution in [3.63, 3.8) is 0 Å². The molecule has 2 heterocycles. The molecule has 0 aliphatic carbocycles. The van der Waals surface area contributed by atoms with Crippen LogP contribution in [0.25, 0.3) is 0 Å². The minimum absolute atomic E-state index is 0.0765. The van der Waals surface area contributed by atoms with Gasteiger partial charge in [-0.25, -0.2) is 12.8 Å². The molecule has 1 saturated heterocycles. The van der Waals surface area contributed by atoms with Crippen molar-refractivity contribution in [1.29, 1.82) is 0 Å². The summed E-state index contributed by atoms with van der Waals surface area (Å²) in [7, 11) is -3.64. The molecule has 2 aromatic rings. The van der Waals surface area contributed by atoms with Gasteiger partial charge in [0, 0.05) is 19.6 Å². The number of amides is 1. The van der Waals surface area contributed by atoms with Gasteiger partial charge in [-0.2, -0.15) is 4.31 Å². The molecule has 0 unspecified atom stereocenters. The maximum atomic E-state index is 13.2. The van der Waals surface area contributed by atoms with Gasteiger partial charge in [0.2, 0.25) is 10.0 Å². The number of sulfonamides is 1. The predicted octanol–water partition coefficient (Wildman–Crippen LogP) is 3.03. The van der Waals surface area contributed by atoms with Crippen LogP contribution >= 0.6 is 11.3 Å². The highest BCUT2D eigenvalue weighted by molar-refractivity contribution is 7.89. The lowest BCUT2D eigenvalue weighted by atomic mass is 10.1. The third kappa shape index (κ3) is 4.31. The first-order chi connectivity index (χ1) is 12.5. The number of halogens is 1. The number of hydrogen-bond acceptors (Lipinski definition) is 4. The second-order valence-corrected chi connectivity index (χ2v) is 9.04. The van der Waals surface area contributed by atoms with Gasteiger partial charge in [0.1, 0.15) is 15.6 Å². The van der Waals surface area contributed by atoms with Gasteiger partial charge >= 0.3 is 0 Å². The molecule has 0 radical (unpaired) electrons. The number of nitrogens with zero attached hydrogens (tertiary/aromatic N) is 1. The van der Waals surface area contributed by atoms with Gasteiger partial charge in [-0.05, 0) is 48.4 Å². The second-order valence-electron chi connectivity index (χ2n) is 6.21. The fourth-order valence-electron chi connectivity index (χ4n) is 3.00. The fourth-order valence-corrected chi connectivity index (χ4v) is 5.84. The summed E-state index contributed by atoms with van der Waals surface area (Å²) in [5.41, 5.74) is 0.776. The Morgan fingerprint density at radius 3 is 2.69 bits per heavy atom. The summed E-state index contributed by atoms with van der Waals surface area (Å²) in [6.07, 6.45) is 3.20. The average Bonchev–Trinajstić information content (AvgIpc) is 3.13. The van der Waals surface area contributed by atoms with Crippen LogP contribution in [0.5, 0.6) is 0 Å². The molecule has 26 heavy (non-hydrogen) atoms. The number of thiophene rings is 1. The molecule has 1 N–H and O–H groups in total. The van der Waals surface area contributed by atoms with Crippen LogP contribution in [-0.2, 0) is 16.4 Å². The molecule has 1 aliphatic rings. The summed E-state index contributed by atoms with van der Waals surface area (Å²) < 4.78 is 40.3. The second kappa shape index (κ2) is 8.28. The molecule has 140 valence electrons. The standard InChI is InChI=1S/C18H21FN2O3S2/c19-15-6-4-5-14(13-15)7-9-20-18(22)17-16(8-12-25-17)26(23,24)21-10-2-1-3-11-21/h4-6,8,12-13H,1-3,7,9-11H2,(H,20,22). The van der Waals surface area contributed by atoms with E-state index in [0.717, 1.165) is 36.2 Å². The van der Waals surface area contributed by atoms with Gasteiger partial charge in [0.05, 0.1) is 0 Å². The maximum absolute atomic E-state index is 13.2. The number of carbonyl (C=O) groups excluding carboxylic acids is 1. The molecule has 1 aromatic heterocycles. The first kappa shape index (κ1) is 19.0. The summed E-state index contributed by atoms with van der Waals surface area (Å²) in [5, 5.41) is 4.36. The highest BCUT2D eigenvalue weighted by Crippen LogP contribution is 2.27. The quantitative estimate of drug-likeness (QED) is 0.816. The highest BCUT2D eigenvalue weighted by atomic mass is 32.2. The number of rotatable bonds is 6. The molecule has 0 spiro atoms. The van der Waals surface area contributed by atoms with Gasteiger partial charge in [-0.15, -0.1) is 11.3 Å². The summed E-state index contributed by atoms with van der Waals surface area (Å²) in [6, 6.07) is 7.69. The summed E-state index contributed by atoms with van der Waals surface area (Å²) in [5.74, 6) is -0.728. The van der Waals surface area contributed by atoms with Crippen LogP contribution in [-0.4, -0.2) is 38.3 Å². The SMILES string of the molecule is O=C(NCCc1cccc(F)c1)c1sccc1S(=O)(=O)N1CCCCC1. The van der Waals surface area contributed by atoms with Crippen LogP contribution in [0.15, 0.2) is 40.6 Å². The van der Waals surface area contributed by atoms with E-state index >= 15 is 0 Å². The van der Waals surface area contributed by atoms with E-state index in [9.17, 15) is 17.6 Å². The summed E-state index contributed by atoms with van der Waals surface area (Å²) in [6.45, 7) is 1.31. The zero-order chi connectivity index (χ0) is 18.6. The smallest absolute Gasteiger partial charge is 0.262 e. The lowest BCUT2D eigenvalue weighted by molar-refractivity contribution is 0.0955. The molecule has 0 saturated carbocycles. The number of carbonyl (C=O) groups is 1. The molecule has 1 aliphatic heterocycles. The maximum Gasteiger partial charge on any atom is 0.262 e. The Bertz CT molecular complexity index is 874. The van der Waals surface area contributed by atoms with Crippen LogP contribution in [0.4, 0.5) is 4.39 Å². The van der Waals surface area contributed by atoms with Gasteiger partial charge in [0.15, 0.2) is 0 Å². The van der Waals surface area contributed by atoms with Crippen LogP contribution in [0.2, 0.25) is 0 Å². The Morgan fingerprint density at radius 2 is 1.96 bits per heavy atom. The largest absolute Gasteiger partial charge is 0.351 e. The van der Waals surface area contributed by atoms with Gasteiger partial charge in [-0.1, -0.05) is 18.6 Å². The van der Waals surface area contributed by atoms with Crippen molar-refractivity contribution in [2.24, 2.45) is 0 Å². The third-order valence-electron chi connectivity index (χ3n) is 4.36. The molecule has 1 fully saturated rings. The van der Waals surface area contributed by atoms with Crippen molar-refractivity contribution in [2.75, 3.05) is 19.6 Å². The van der Waals surface area contributed by atoms with E-state index in [1.54, 1.807) is 17.5 Å². The van der Waals surface area contributed by atoms with E-state index < -0.39 is 15.9 Å². The van der Waals surface area contributed by atoms with E-state index in [0.29, 0.717) is 26.1 Å². The molecule has 0 bridgehead atoms.